The lowest BCUT2D eigenvalue weighted by atomic mass is 10.2. The lowest BCUT2D eigenvalue weighted by molar-refractivity contribution is -0.00149. The number of rotatable bonds is 6. The summed E-state index contributed by atoms with van der Waals surface area (Å²) >= 11 is 5.61. The summed E-state index contributed by atoms with van der Waals surface area (Å²) in [6.45, 7) is 9.99. The van der Waals surface area contributed by atoms with Crippen LogP contribution in [-0.2, 0) is 4.74 Å². The Morgan fingerprint density at radius 2 is 2.00 bits per heavy atom. The van der Waals surface area contributed by atoms with Crippen molar-refractivity contribution in [3.05, 3.63) is 0 Å². The van der Waals surface area contributed by atoms with Gasteiger partial charge in [-0.25, -0.2) is 0 Å². The van der Waals surface area contributed by atoms with Crippen LogP contribution >= 0.6 is 11.6 Å². The molecule has 0 aromatic carbocycles. The average Bonchev–Trinajstić information content (AvgIpc) is 1.97. The first-order valence-electron chi connectivity index (χ1n) is 4.89. The summed E-state index contributed by atoms with van der Waals surface area (Å²) in [5, 5.41) is 3.35. The Morgan fingerprint density at radius 1 is 1.38 bits per heavy atom. The zero-order valence-corrected chi connectivity index (χ0v) is 9.95. The Morgan fingerprint density at radius 3 is 2.46 bits per heavy atom. The van der Waals surface area contributed by atoms with Crippen LogP contribution in [0.15, 0.2) is 0 Å². The molecule has 13 heavy (non-hydrogen) atoms. The van der Waals surface area contributed by atoms with Gasteiger partial charge in [-0.15, -0.1) is 11.6 Å². The highest BCUT2D eigenvalue weighted by Gasteiger charge is 2.09. The molecule has 1 atom stereocenters. The average molecular weight is 208 g/mol. The van der Waals surface area contributed by atoms with Crippen LogP contribution in [0.5, 0.6) is 0 Å². The molecule has 0 bridgehead atoms. The second-order valence-corrected chi connectivity index (χ2v) is 4.67. The van der Waals surface area contributed by atoms with Crippen LogP contribution in [0.25, 0.3) is 0 Å². The molecule has 0 radical (unpaired) electrons. The van der Waals surface area contributed by atoms with E-state index in [1.807, 2.05) is 0 Å². The third-order valence-electron chi connectivity index (χ3n) is 1.67. The van der Waals surface area contributed by atoms with Crippen LogP contribution in [0, 0.1) is 0 Å². The lowest BCUT2D eigenvalue weighted by Gasteiger charge is -2.20. The molecule has 0 saturated carbocycles. The van der Waals surface area contributed by atoms with Crippen LogP contribution in [0.1, 0.15) is 34.1 Å². The number of ether oxygens (including phenoxy) is 1. The smallest absolute Gasteiger partial charge is 0.0599 e. The van der Waals surface area contributed by atoms with Gasteiger partial charge in [0.15, 0.2) is 0 Å². The Hall–Kier alpha value is 0.210. The third-order valence-corrected chi connectivity index (χ3v) is 1.89. The van der Waals surface area contributed by atoms with Crippen molar-refractivity contribution in [2.45, 2.75) is 45.8 Å². The van der Waals surface area contributed by atoms with E-state index in [2.05, 4.69) is 33.0 Å². The highest BCUT2D eigenvalue weighted by atomic mass is 35.5. The van der Waals surface area contributed by atoms with Gasteiger partial charge in [0.2, 0.25) is 0 Å². The monoisotopic (exact) mass is 207 g/mol. The zero-order chi connectivity index (χ0) is 10.3. The van der Waals surface area contributed by atoms with Gasteiger partial charge in [-0.3, -0.25) is 0 Å². The summed E-state index contributed by atoms with van der Waals surface area (Å²) in [4.78, 5) is 0. The van der Waals surface area contributed by atoms with E-state index in [1.54, 1.807) is 0 Å². The van der Waals surface area contributed by atoms with Crippen molar-refractivity contribution < 1.29 is 4.74 Å². The second kappa shape index (κ2) is 6.63. The second-order valence-electron chi connectivity index (χ2n) is 4.29. The van der Waals surface area contributed by atoms with Gasteiger partial charge in [0, 0.05) is 18.5 Å². The summed E-state index contributed by atoms with van der Waals surface area (Å²) in [6, 6.07) is 0.487. The third kappa shape index (κ3) is 10.1. The van der Waals surface area contributed by atoms with Gasteiger partial charge in [-0.05, 0) is 34.1 Å². The number of hydrogen-bond acceptors (Lipinski definition) is 2. The van der Waals surface area contributed by atoms with E-state index < -0.39 is 0 Å². The van der Waals surface area contributed by atoms with Gasteiger partial charge in [0.25, 0.3) is 0 Å². The predicted octanol–water partition coefficient (Wildman–Crippen LogP) is 2.41. The predicted molar refractivity (Wildman–Crippen MR) is 58.5 cm³/mol. The highest BCUT2D eigenvalue weighted by Crippen LogP contribution is 2.05. The van der Waals surface area contributed by atoms with E-state index in [-0.39, 0.29) is 5.60 Å². The van der Waals surface area contributed by atoms with Crippen molar-refractivity contribution in [2.24, 2.45) is 0 Å². The molecule has 1 N–H and O–H groups in total. The normalized spacial score (nSPS) is 14.5. The van der Waals surface area contributed by atoms with Crippen molar-refractivity contribution in [3.8, 4) is 0 Å². The SMILES string of the molecule is CC(CCCl)NCCOC(C)(C)C. The maximum absolute atomic E-state index is 5.61. The van der Waals surface area contributed by atoms with Gasteiger partial charge in [-0.1, -0.05) is 0 Å². The summed E-state index contributed by atoms with van der Waals surface area (Å²) in [6.07, 6.45) is 1.01. The number of hydrogen-bond donors (Lipinski definition) is 1. The Kier molecular flexibility index (Phi) is 6.74. The van der Waals surface area contributed by atoms with E-state index in [4.69, 9.17) is 16.3 Å². The minimum Gasteiger partial charge on any atom is -0.375 e. The molecule has 3 heteroatoms. The molecule has 0 spiro atoms. The maximum Gasteiger partial charge on any atom is 0.0599 e. The van der Waals surface area contributed by atoms with E-state index >= 15 is 0 Å². The van der Waals surface area contributed by atoms with Crippen LogP contribution < -0.4 is 5.32 Å². The minimum atomic E-state index is -0.0304. The molecule has 2 nitrogen and oxygen atoms in total. The quantitative estimate of drug-likeness (QED) is 0.534. The zero-order valence-electron chi connectivity index (χ0n) is 9.19. The van der Waals surface area contributed by atoms with E-state index in [0.29, 0.717) is 11.9 Å². The number of halogens is 1. The van der Waals surface area contributed by atoms with Crippen LogP contribution in [0.2, 0.25) is 0 Å². The Bertz CT molecular complexity index is 123. The summed E-state index contributed by atoms with van der Waals surface area (Å²) in [5.74, 6) is 0.717. The Balaban J connectivity index is 3.25. The van der Waals surface area contributed by atoms with Crippen molar-refractivity contribution >= 4 is 11.6 Å². The molecule has 0 aliphatic rings. The highest BCUT2D eigenvalue weighted by molar-refractivity contribution is 6.17. The molecule has 0 rings (SSSR count). The summed E-state index contributed by atoms with van der Waals surface area (Å²) in [7, 11) is 0. The first kappa shape index (κ1) is 13.2. The standard InChI is InChI=1S/C10H22ClNO/c1-9(5-6-11)12-7-8-13-10(2,3)4/h9,12H,5-8H2,1-4H3. The lowest BCUT2D eigenvalue weighted by Crippen LogP contribution is -2.32. The van der Waals surface area contributed by atoms with E-state index in [9.17, 15) is 0 Å². The molecule has 0 amide bonds. The molecule has 0 aromatic rings. The van der Waals surface area contributed by atoms with Gasteiger partial charge in [0.05, 0.1) is 12.2 Å². The number of nitrogens with one attached hydrogen (secondary N) is 1. The van der Waals surface area contributed by atoms with Crippen molar-refractivity contribution in [1.29, 1.82) is 0 Å². The van der Waals surface area contributed by atoms with Gasteiger partial charge in [-0.2, -0.15) is 0 Å². The molecular weight excluding hydrogens is 186 g/mol. The van der Waals surface area contributed by atoms with Crippen LogP contribution in [0.3, 0.4) is 0 Å². The Labute approximate surface area is 87.0 Å². The van der Waals surface area contributed by atoms with Crippen LogP contribution in [-0.4, -0.2) is 30.7 Å². The first-order chi connectivity index (χ1) is 5.95. The maximum atomic E-state index is 5.61. The molecule has 1 unspecified atom stereocenters. The molecule has 0 aromatic heterocycles. The fourth-order valence-corrected chi connectivity index (χ4v) is 1.26. The van der Waals surface area contributed by atoms with Gasteiger partial charge in [0.1, 0.15) is 0 Å². The molecular formula is C10H22ClNO. The molecule has 0 saturated heterocycles. The summed E-state index contributed by atoms with van der Waals surface area (Å²) < 4.78 is 5.56. The fraction of sp³-hybridized carbons (Fsp3) is 1.00. The van der Waals surface area contributed by atoms with Gasteiger partial charge < -0.3 is 10.1 Å². The van der Waals surface area contributed by atoms with E-state index in [0.717, 1.165) is 19.6 Å². The molecule has 0 aliphatic carbocycles. The molecule has 0 aliphatic heterocycles. The first-order valence-corrected chi connectivity index (χ1v) is 5.42. The van der Waals surface area contributed by atoms with Crippen molar-refractivity contribution in [3.63, 3.8) is 0 Å². The topological polar surface area (TPSA) is 21.3 Å². The van der Waals surface area contributed by atoms with Gasteiger partial charge >= 0.3 is 0 Å². The minimum absolute atomic E-state index is 0.0304. The summed E-state index contributed by atoms with van der Waals surface area (Å²) in [5.41, 5.74) is -0.0304. The van der Waals surface area contributed by atoms with Crippen LogP contribution in [0.4, 0.5) is 0 Å². The molecule has 0 heterocycles. The molecule has 80 valence electrons. The fourth-order valence-electron chi connectivity index (χ4n) is 0.928. The van der Waals surface area contributed by atoms with Crippen molar-refractivity contribution in [1.82, 2.24) is 5.32 Å². The molecule has 0 fully saturated rings. The number of alkyl halides is 1. The van der Waals surface area contributed by atoms with E-state index in [1.165, 1.54) is 0 Å². The largest absolute Gasteiger partial charge is 0.375 e. The van der Waals surface area contributed by atoms with Crippen molar-refractivity contribution in [2.75, 3.05) is 19.0 Å².